The molecule has 4 aromatic rings. The molecule has 0 radical (unpaired) electrons. The molecule has 3 aromatic carbocycles. The van der Waals surface area contributed by atoms with E-state index in [9.17, 15) is 4.79 Å². The number of carbonyl (C=O) groups is 1. The number of benzene rings is 3. The molecule has 1 heterocycles. The fourth-order valence-electron chi connectivity index (χ4n) is 3.19. The number of methoxy groups -OCH3 is 2. The summed E-state index contributed by atoms with van der Waals surface area (Å²) in [6.07, 6.45) is 0. The molecule has 8 nitrogen and oxygen atoms in total. The highest BCUT2D eigenvalue weighted by Gasteiger charge is 2.23. The van der Waals surface area contributed by atoms with Crippen molar-refractivity contribution >= 4 is 11.7 Å². The number of hydrogen-bond acceptors (Lipinski definition) is 6. The fraction of sp³-hybridized carbons (Fsp3) is 0.125. The highest BCUT2D eigenvalue weighted by atomic mass is 16.5. The summed E-state index contributed by atoms with van der Waals surface area (Å²) in [6, 6.07) is 22.9. The van der Waals surface area contributed by atoms with Gasteiger partial charge in [-0.05, 0) is 29.8 Å². The molecule has 1 atom stereocenters. The van der Waals surface area contributed by atoms with Gasteiger partial charge in [0.05, 0.1) is 14.2 Å². The molecule has 162 valence electrons. The van der Waals surface area contributed by atoms with E-state index < -0.39 is 12.1 Å². The number of amides is 2. The SMILES string of the molecule is COc1ccc(NC(=O)N[C@@H](c2ccccc2)c2nnc(-c3ccccc3)o2)cc1OC. The topological polar surface area (TPSA) is 98.5 Å². The van der Waals surface area contributed by atoms with E-state index in [1.807, 2.05) is 60.7 Å². The van der Waals surface area contributed by atoms with Gasteiger partial charge < -0.3 is 24.5 Å². The summed E-state index contributed by atoms with van der Waals surface area (Å²) in [4.78, 5) is 12.8. The van der Waals surface area contributed by atoms with Gasteiger partial charge in [0.15, 0.2) is 11.5 Å². The number of rotatable bonds is 7. The molecule has 32 heavy (non-hydrogen) atoms. The van der Waals surface area contributed by atoms with Crippen molar-refractivity contribution in [2.75, 3.05) is 19.5 Å². The van der Waals surface area contributed by atoms with Crippen LogP contribution in [0.5, 0.6) is 11.5 Å². The van der Waals surface area contributed by atoms with Crippen molar-refractivity contribution in [3.05, 3.63) is 90.3 Å². The first-order valence-electron chi connectivity index (χ1n) is 9.91. The number of hydrogen-bond donors (Lipinski definition) is 2. The summed E-state index contributed by atoms with van der Waals surface area (Å²) in [6.45, 7) is 0. The summed E-state index contributed by atoms with van der Waals surface area (Å²) >= 11 is 0. The lowest BCUT2D eigenvalue weighted by molar-refractivity contribution is 0.248. The molecule has 0 aliphatic carbocycles. The molecule has 0 spiro atoms. The van der Waals surface area contributed by atoms with Crippen LogP contribution in [0.4, 0.5) is 10.5 Å². The molecular weight excluding hydrogens is 408 g/mol. The van der Waals surface area contributed by atoms with Gasteiger partial charge in [0.25, 0.3) is 0 Å². The van der Waals surface area contributed by atoms with Gasteiger partial charge in [0, 0.05) is 17.3 Å². The Morgan fingerprint density at radius 2 is 1.56 bits per heavy atom. The van der Waals surface area contributed by atoms with Crippen LogP contribution in [0.25, 0.3) is 11.5 Å². The van der Waals surface area contributed by atoms with Crippen LogP contribution in [0.1, 0.15) is 17.5 Å². The molecule has 0 saturated carbocycles. The molecule has 8 heteroatoms. The molecule has 4 rings (SSSR count). The average molecular weight is 430 g/mol. The number of carbonyl (C=O) groups excluding carboxylic acids is 1. The quantitative estimate of drug-likeness (QED) is 0.442. The van der Waals surface area contributed by atoms with E-state index in [1.54, 1.807) is 25.3 Å². The number of urea groups is 1. The van der Waals surface area contributed by atoms with E-state index in [2.05, 4.69) is 20.8 Å². The Bertz CT molecular complexity index is 1180. The molecule has 0 unspecified atom stereocenters. The summed E-state index contributed by atoms with van der Waals surface area (Å²) in [5.41, 5.74) is 2.15. The van der Waals surface area contributed by atoms with E-state index in [0.29, 0.717) is 23.1 Å². The van der Waals surface area contributed by atoms with Crippen LogP contribution >= 0.6 is 0 Å². The highest BCUT2D eigenvalue weighted by molar-refractivity contribution is 5.90. The minimum Gasteiger partial charge on any atom is -0.493 e. The largest absolute Gasteiger partial charge is 0.493 e. The first-order chi connectivity index (χ1) is 15.7. The van der Waals surface area contributed by atoms with Gasteiger partial charge in [-0.2, -0.15) is 0 Å². The van der Waals surface area contributed by atoms with Crippen LogP contribution in [0.2, 0.25) is 0 Å². The number of aromatic nitrogens is 2. The zero-order chi connectivity index (χ0) is 22.3. The number of nitrogens with one attached hydrogen (secondary N) is 2. The van der Waals surface area contributed by atoms with Gasteiger partial charge in [-0.1, -0.05) is 48.5 Å². The van der Waals surface area contributed by atoms with Gasteiger partial charge >= 0.3 is 6.03 Å². The van der Waals surface area contributed by atoms with Gasteiger partial charge in [-0.15, -0.1) is 10.2 Å². The van der Waals surface area contributed by atoms with Crippen LogP contribution < -0.4 is 20.1 Å². The van der Waals surface area contributed by atoms with Crippen LogP contribution in [0.15, 0.2) is 83.3 Å². The van der Waals surface area contributed by atoms with Crippen LogP contribution in [0, 0.1) is 0 Å². The van der Waals surface area contributed by atoms with Gasteiger partial charge in [-0.3, -0.25) is 0 Å². The Balaban J connectivity index is 1.57. The van der Waals surface area contributed by atoms with Crippen molar-refractivity contribution in [2.24, 2.45) is 0 Å². The maximum atomic E-state index is 12.8. The minimum absolute atomic E-state index is 0.275. The lowest BCUT2D eigenvalue weighted by Gasteiger charge is -2.17. The molecule has 0 bridgehead atoms. The van der Waals surface area contributed by atoms with Gasteiger partial charge in [0.1, 0.15) is 6.04 Å². The van der Waals surface area contributed by atoms with Crippen molar-refractivity contribution < 1.29 is 18.7 Å². The van der Waals surface area contributed by atoms with E-state index >= 15 is 0 Å². The van der Waals surface area contributed by atoms with Crippen molar-refractivity contribution in [2.45, 2.75) is 6.04 Å². The van der Waals surface area contributed by atoms with Crippen molar-refractivity contribution in [1.29, 1.82) is 0 Å². The third-order valence-corrected chi connectivity index (χ3v) is 4.76. The normalized spacial score (nSPS) is 11.4. The lowest BCUT2D eigenvalue weighted by Crippen LogP contribution is -2.33. The zero-order valence-corrected chi connectivity index (χ0v) is 17.6. The Kier molecular flexibility index (Phi) is 6.31. The van der Waals surface area contributed by atoms with E-state index in [0.717, 1.165) is 11.1 Å². The smallest absolute Gasteiger partial charge is 0.320 e. The van der Waals surface area contributed by atoms with Crippen molar-refractivity contribution in [3.63, 3.8) is 0 Å². The van der Waals surface area contributed by atoms with Crippen LogP contribution in [-0.4, -0.2) is 30.4 Å². The van der Waals surface area contributed by atoms with E-state index in [4.69, 9.17) is 13.9 Å². The molecule has 2 amide bonds. The second kappa shape index (κ2) is 9.65. The number of nitrogens with zero attached hydrogens (tertiary/aromatic N) is 2. The predicted molar refractivity (Wildman–Crippen MR) is 120 cm³/mol. The van der Waals surface area contributed by atoms with Crippen molar-refractivity contribution in [1.82, 2.24) is 15.5 Å². The average Bonchev–Trinajstić information content (AvgIpc) is 3.33. The third kappa shape index (κ3) is 4.70. The first kappa shape index (κ1) is 20.9. The molecular formula is C24H22N4O4. The van der Waals surface area contributed by atoms with Gasteiger partial charge in [0.2, 0.25) is 11.8 Å². The second-order valence-corrected chi connectivity index (χ2v) is 6.82. The van der Waals surface area contributed by atoms with Crippen LogP contribution in [0.3, 0.4) is 0 Å². The van der Waals surface area contributed by atoms with E-state index in [-0.39, 0.29) is 5.89 Å². The van der Waals surface area contributed by atoms with Crippen molar-refractivity contribution in [3.8, 4) is 23.0 Å². The number of anilines is 1. The highest BCUT2D eigenvalue weighted by Crippen LogP contribution is 2.30. The molecule has 0 saturated heterocycles. The Hall–Kier alpha value is -4.33. The summed E-state index contributed by atoms with van der Waals surface area (Å²) in [5.74, 6) is 1.73. The Morgan fingerprint density at radius 1 is 0.875 bits per heavy atom. The molecule has 0 aliphatic rings. The fourth-order valence-corrected chi connectivity index (χ4v) is 3.19. The minimum atomic E-state index is -0.638. The molecule has 2 N–H and O–H groups in total. The molecule has 0 aliphatic heterocycles. The molecule has 1 aromatic heterocycles. The van der Waals surface area contributed by atoms with Crippen LogP contribution in [-0.2, 0) is 0 Å². The third-order valence-electron chi connectivity index (χ3n) is 4.76. The Labute approximate surface area is 185 Å². The first-order valence-corrected chi connectivity index (χ1v) is 9.91. The molecule has 0 fully saturated rings. The summed E-state index contributed by atoms with van der Waals surface area (Å²) < 4.78 is 16.4. The summed E-state index contributed by atoms with van der Waals surface area (Å²) in [7, 11) is 3.09. The maximum Gasteiger partial charge on any atom is 0.320 e. The monoisotopic (exact) mass is 430 g/mol. The standard InChI is InChI=1S/C24H22N4O4/c1-30-19-14-13-18(15-20(19)31-2)25-24(29)26-21(16-9-5-3-6-10-16)23-28-27-22(32-23)17-11-7-4-8-12-17/h3-15,21H,1-2H3,(H2,25,26,29)/t21-/m0/s1. The zero-order valence-electron chi connectivity index (χ0n) is 17.6. The van der Waals surface area contributed by atoms with Gasteiger partial charge in [-0.25, -0.2) is 4.79 Å². The predicted octanol–water partition coefficient (Wildman–Crippen LogP) is 4.66. The second-order valence-electron chi connectivity index (χ2n) is 6.82. The maximum absolute atomic E-state index is 12.8. The van der Waals surface area contributed by atoms with E-state index in [1.165, 1.54) is 7.11 Å². The Morgan fingerprint density at radius 3 is 2.25 bits per heavy atom. The number of ether oxygens (including phenoxy) is 2. The summed E-state index contributed by atoms with van der Waals surface area (Å²) in [5, 5.41) is 14.0. The lowest BCUT2D eigenvalue weighted by atomic mass is 10.1.